The summed E-state index contributed by atoms with van der Waals surface area (Å²) in [6, 6.07) is 74.0. The SMILES string of the molecule is c1ccc([Si]c2ccc3c(-c4cccc(-n5c6ccccc6c6ccccc65)c4)c4ccccc4c(-c4cc5ccccc5c5ccccc45)c3c2)cc1. The number of hydrogen-bond donors (Lipinski definition) is 0. The Bertz CT molecular complexity index is 3190. The van der Waals surface area contributed by atoms with Gasteiger partial charge in [-0.2, -0.15) is 0 Å². The third kappa shape index (κ3) is 4.85. The molecule has 0 atom stereocenters. The van der Waals surface area contributed by atoms with Crippen LogP contribution in [-0.4, -0.2) is 14.1 Å². The van der Waals surface area contributed by atoms with E-state index in [1.54, 1.807) is 0 Å². The molecule has 0 fully saturated rings. The lowest BCUT2D eigenvalue weighted by molar-refractivity contribution is 1.18. The Morgan fingerprint density at radius 1 is 0.315 bits per heavy atom. The van der Waals surface area contributed by atoms with Crippen LogP contribution in [0.25, 0.3) is 92.8 Å². The molecule has 0 N–H and O–H groups in total. The molecule has 1 aromatic heterocycles. The zero-order chi connectivity index (χ0) is 35.6. The van der Waals surface area contributed by atoms with Gasteiger partial charge in [0, 0.05) is 16.5 Å². The van der Waals surface area contributed by atoms with Crippen molar-refractivity contribution in [3.8, 4) is 27.9 Å². The van der Waals surface area contributed by atoms with E-state index in [1.165, 1.54) is 97.5 Å². The number of fused-ring (bicyclic) bond motifs is 8. The highest BCUT2D eigenvalue weighted by atomic mass is 28.2. The summed E-state index contributed by atoms with van der Waals surface area (Å²) in [6.45, 7) is 0. The Hall–Kier alpha value is -6.74. The summed E-state index contributed by atoms with van der Waals surface area (Å²) in [5.41, 5.74) is 8.65. The Kier molecular flexibility index (Phi) is 7.11. The lowest BCUT2D eigenvalue weighted by Crippen LogP contribution is -2.26. The van der Waals surface area contributed by atoms with Gasteiger partial charge in [-0.1, -0.05) is 180 Å². The first kappa shape index (κ1) is 30.8. The molecule has 2 heteroatoms. The van der Waals surface area contributed by atoms with Crippen molar-refractivity contribution in [3.63, 3.8) is 0 Å². The molecule has 1 heterocycles. The van der Waals surface area contributed by atoms with Gasteiger partial charge in [0.05, 0.1) is 11.0 Å². The molecule has 0 saturated carbocycles. The molecule has 11 aromatic rings. The fourth-order valence-corrected chi connectivity index (χ4v) is 9.88. The zero-order valence-electron chi connectivity index (χ0n) is 29.5. The third-order valence-electron chi connectivity index (χ3n) is 11.1. The average molecular weight is 700 g/mol. The molecule has 250 valence electrons. The van der Waals surface area contributed by atoms with Gasteiger partial charge < -0.3 is 4.57 Å². The lowest BCUT2D eigenvalue weighted by Gasteiger charge is -2.21. The van der Waals surface area contributed by atoms with Crippen LogP contribution in [0.1, 0.15) is 0 Å². The van der Waals surface area contributed by atoms with Gasteiger partial charge in [-0.3, -0.25) is 0 Å². The number of benzene rings is 10. The maximum Gasteiger partial charge on any atom is 0.121 e. The van der Waals surface area contributed by atoms with Crippen molar-refractivity contribution in [3.05, 3.63) is 200 Å². The first-order valence-corrected chi connectivity index (χ1v) is 19.6. The lowest BCUT2D eigenvalue weighted by atomic mass is 9.84. The van der Waals surface area contributed by atoms with Gasteiger partial charge >= 0.3 is 0 Å². The van der Waals surface area contributed by atoms with E-state index in [2.05, 4.69) is 205 Å². The van der Waals surface area contributed by atoms with Crippen LogP contribution in [0.3, 0.4) is 0 Å². The van der Waals surface area contributed by atoms with Crippen molar-refractivity contribution in [2.45, 2.75) is 0 Å². The Balaban J connectivity index is 1.23. The normalized spacial score (nSPS) is 11.8. The third-order valence-corrected chi connectivity index (χ3v) is 12.3. The van der Waals surface area contributed by atoms with E-state index in [1.807, 2.05) is 0 Å². The molecular weight excluding hydrogens is 667 g/mol. The van der Waals surface area contributed by atoms with Gasteiger partial charge in [0.25, 0.3) is 0 Å². The molecule has 0 aliphatic carbocycles. The van der Waals surface area contributed by atoms with E-state index >= 15 is 0 Å². The van der Waals surface area contributed by atoms with E-state index in [0.29, 0.717) is 9.52 Å². The minimum Gasteiger partial charge on any atom is -0.309 e. The minimum atomic E-state index is 0.560. The van der Waals surface area contributed by atoms with Gasteiger partial charge in [0.2, 0.25) is 0 Å². The van der Waals surface area contributed by atoms with Gasteiger partial charge in [0.15, 0.2) is 0 Å². The monoisotopic (exact) mass is 699 g/mol. The summed E-state index contributed by atoms with van der Waals surface area (Å²) in [7, 11) is 0.560. The molecule has 10 aromatic carbocycles. The molecule has 0 spiro atoms. The molecule has 11 rings (SSSR count). The molecule has 54 heavy (non-hydrogen) atoms. The standard InChI is InChI=1S/C52H33NSi/c1-2-18-37(19-3-1)54-38-29-30-46-48(33-38)52(47-32-34-15-4-5-20-39(34)40-21-6-7-22-41(40)47)45-26-9-8-25-44(45)51(46)35-16-14-17-36(31-35)53-49-27-12-10-23-42(49)43-24-11-13-28-50(43)53/h1-33H. The maximum absolute atomic E-state index is 2.48. The molecule has 0 unspecified atom stereocenters. The number of nitrogens with zero attached hydrogens (tertiary/aromatic N) is 1. The van der Waals surface area contributed by atoms with Crippen LogP contribution < -0.4 is 10.4 Å². The van der Waals surface area contributed by atoms with Crippen LogP contribution >= 0.6 is 0 Å². The van der Waals surface area contributed by atoms with E-state index in [-0.39, 0.29) is 0 Å². The van der Waals surface area contributed by atoms with Crippen molar-refractivity contribution in [1.29, 1.82) is 0 Å². The zero-order valence-corrected chi connectivity index (χ0v) is 30.5. The highest BCUT2D eigenvalue weighted by Gasteiger charge is 2.21. The summed E-state index contributed by atoms with van der Waals surface area (Å²) in [6.07, 6.45) is 0. The van der Waals surface area contributed by atoms with Gasteiger partial charge in [-0.15, -0.1) is 0 Å². The number of hydrogen-bond acceptors (Lipinski definition) is 0. The molecule has 2 radical (unpaired) electrons. The second-order valence-corrected chi connectivity index (χ2v) is 15.6. The smallest absolute Gasteiger partial charge is 0.121 e. The summed E-state index contributed by atoms with van der Waals surface area (Å²) in [5, 5.41) is 15.4. The van der Waals surface area contributed by atoms with Crippen LogP contribution in [0.4, 0.5) is 0 Å². The molecule has 0 aliphatic heterocycles. The maximum atomic E-state index is 2.48. The van der Waals surface area contributed by atoms with Crippen LogP contribution in [0, 0.1) is 0 Å². The van der Waals surface area contributed by atoms with Crippen LogP contribution in [0.2, 0.25) is 0 Å². The van der Waals surface area contributed by atoms with Crippen molar-refractivity contribution in [2.75, 3.05) is 0 Å². The number of aromatic nitrogens is 1. The highest BCUT2D eigenvalue weighted by molar-refractivity contribution is 6.67. The van der Waals surface area contributed by atoms with Crippen molar-refractivity contribution in [1.82, 2.24) is 4.57 Å². The summed E-state index contributed by atoms with van der Waals surface area (Å²) < 4.78 is 2.42. The Morgan fingerprint density at radius 3 is 1.63 bits per heavy atom. The Labute approximate surface area is 316 Å². The molecule has 0 bridgehead atoms. The second-order valence-electron chi connectivity index (χ2n) is 14.2. The predicted octanol–water partition coefficient (Wildman–Crippen LogP) is 12.4. The summed E-state index contributed by atoms with van der Waals surface area (Å²) >= 11 is 0. The topological polar surface area (TPSA) is 4.93 Å². The van der Waals surface area contributed by atoms with E-state index in [0.717, 1.165) is 5.69 Å². The van der Waals surface area contributed by atoms with Crippen molar-refractivity contribution in [2.24, 2.45) is 0 Å². The predicted molar refractivity (Wildman–Crippen MR) is 233 cm³/mol. The van der Waals surface area contributed by atoms with Gasteiger partial charge in [-0.05, 0) is 95.7 Å². The molecule has 1 nitrogen and oxygen atoms in total. The largest absolute Gasteiger partial charge is 0.309 e. The Morgan fingerprint density at radius 2 is 0.889 bits per heavy atom. The van der Waals surface area contributed by atoms with Crippen LogP contribution in [0.15, 0.2) is 200 Å². The molecular formula is C52H33NSi. The molecule has 0 amide bonds. The fourth-order valence-electron chi connectivity index (χ4n) is 8.81. The van der Waals surface area contributed by atoms with E-state index in [4.69, 9.17) is 0 Å². The van der Waals surface area contributed by atoms with Gasteiger partial charge in [-0.25, -0.2) is 0 Å². The number of rotatable bonds is 5. The van der Waals surface area contributed by atoms with Crippen LogP contribution in [-0.2, 0) is 0 Å². The van der Waals surface area contributed by atoms with E-state index < -0.39 is 0 Å². The van der Waals surface area contributed by atoms with Crippen molar-refractivity contribution < 1.29 is 0 Å². The van der Waals surface area contributed by atoms with Gasteiger partial charge in [0.1, 0.15) is 9.52 Å². The minimum absolute atomic E-state index is 0.560. The highest BCUT2D eigenvalue weighted by Crippen LogP contribution is 2.46. The first-order valence-electron chi connectivity index (χ1n) is 18.6. The first-order chi connectivity index (χ1) is 26.8. The summed E-state index contributed by atoms with van der Waals surface area (Å²) in [4.78, 5) is 0. The summed E-state index contributed by atoms with van der Waals surface area (Å²) in [5.74, 6) is 0. The average Bonchev–Trinajstić information content (AvgIpc) is 3.57. The van der Waals surface area contributed by atoms with E-state index in [9.17, 15) is 0 Å². The van der Waals surface area contributed by atoms with Crippen LogP contribution in [0.5, 0.6) is 0 Å². The number of para-hydroxylation sites is 2. The van der Waals surface area contributed by atoms with Crippen molar-refractivity contribution >= 4 is 84.8 Å². The quantitative estimate of drug-likeness (QED) is 0.0957. The second kappa shape index (κ2) is 12.4. The molecule has 0 saturated heterocycles. The molecule has 0 aliphatic rings. The fraction of sp³-hybridized carbons (Fsp3) is 0.